The van der Waals surface area contributed by atoms with Crippen molar-refractivity contribution in [1.29, 1.82) is 0 Å². The van der Waals surface area contributed by atoms with Crippen molar-refractivity contribution in [3.63, 3.8) is 0 Å². The summed E-state index contributed by atoms with van der Waals surface area (Å²) in [6.07, 6.45) is 0.923. The number of nitrogens with one attached hydrogen (secondary N) is 2. The molecule has 0 amide bonds. The van der Waals surface area contributed by atoms with E-state index in [0.29, 0.717) is 42.7 Å². The van der Waals surface area contributed by atoms with Crippen LogP contribution in [-0.4, -0.2) is 32.2 Å². The molecular formula is C13H23N6O2+. The number of aryl methyl sites for hydroxylation is 2. The molecule has 5 N–H and O–H groups in total. The molecule has 0 fully saturated rings. The molecule has 0 aliphatic carbocycles. The molecule has 2 aromatic rings. The number of fused-ring (bicyclic) bond motifs is 1. The van der Waals surface area contributed by atoms with Gasteiger partial charge in [0, 0.05) is 13.6 Å². The van der Waals surface area contributed by atoms with Crippen LogP contribution >= 0.6 is 0 Å². The van der Waals surface area contributed by atoms with E-state index in [1.54, 1.807) is 7.05 Å². The number of hydrogen-bond donors (Lipinski definition) is 3. The first kappa shape index (κ1) is 15.3. The van der Waals surface area contributed by atoms with Crippen molar-refractivity contribution in [3.8, 4) is 0 Å². The lowest BCUT2D eigenvalue weighted by Crippen LogP contribution is -2.53. The number of anilines is 1. The first-order valence-electron chi connectivity index (χ1n) is 7.18. The molecule has 0 saturated carbocycles. The van der Waals surface area contributed by atoms with Crippen molar-refractivity contribution in [2.45, 2.75) is 26.8 Å². The minimum atomic E-state index is -0.454. The molecular weight excluding hydrogens is 272 g/mol. The van der Waals surface area contributed by atoms with Gasteiger partial charge in [-0.25, -0.2) is 4.79 Å². The van der Waals surface area contributed by atoms with Gasteiger partial charge in [-0.2, -0.15) is 4.98 Å². The van der Waals surface area contributed by atoms with Crippen LogP contribution in [0.5, 0.6) is 0 Å². The molecule has 0 radical (unpaired) electrons. The zero-order chi connectivity index (χ0) is 15.6. The molecule has 2 aromatic heterocycles. The van der Waals surface area contributed by atoms with Crippen molar-refractivity contribution in [3.05, 3.63) is 20.8 Å². The number of aromatic amines is 1. The lowest BCUT2D eigenvalue weighted by molar-refractivity contribution is -0.362. The molecule has 0 unspecified atom stereocenters. The number of quaternary nitrogens is 1. The number of nitrogens with zero attached hydrogens (tertiary/aromatic N) is 3. The Kier molecular flexibility index (Phi) is 4.46. The number of hydrogen-bond acceptors (Lipinski definition) is 4. The van der Waals surface area contributed by atoms with E-state index in [9.17, 15) is 9.59 Å². The summed E-state index contributed by atoms with van der Waals surface area (Å²) >= 11 is 0. The maximum atomic E-state index is 12.1. The van der Waals surface area contributed by atoms with Crippen molar-refractivity contribution in [2.75, 3.05) is 18.4 Å². The van der Waals surface area contributed by atoms with Crippen molar-refractivity contribution in [1.82, 2.24) is 19.1 Å². The Morgan fingerprint density at radius 2 is 2.10 bits per heavy atom. The molecule has 0 bridgehead atoms. The molecule has 0 aliphatic rings. The van der Waals surface area contributed by atoms with Crippen LogP contribution in [-0.2, 0) is 13.6 Å². The Balaban J connectivity index is 2.62. The summed E-state index contributed by atoms with van der Waals surface area (Å²) in [5, 5.41) is 3.17. The van der Waals surface area contributed by atoms with Crippen LogP contribution in [0, 0.1) is 5.92 Å². The van der Waals surface area contributed by atoms with Crippen molar-refractivity contribution in [2.24, 2.45) is 13.0 Å². The zero-order valence-electron chi connectivity index (χ0n) is 12.8. The predicted octanol–water partition coefficient (Wildman–Crippen LogP) is -0.877. The molecule has 116 valence electrons. The fourth-order valence-corrected chi connectivity index (χ4v) is 2.17. The molecule has 0 saturated heterocycles. The smallest absolute Gasteiger partial charge is 0.329 e. The van der Waals surface area contributed by atoms with E-state index < -0.39 is 11.2 Å². The highest BCUT2D eigenvalue weighted by Crippen LogP contribution is 2.17. The minimum absolute atomic E-state index is 0.396. The minimum Gasteiger partial charge on any atom is -0.356 e. The summed E-state index contributed by atoms with van der Waals surface area (Å²) < 4.78 is 3.21. The van der Waals surface area contributed by atoms with E-state index in [1.165, 1.54) is 4.57 Å². The summed E-state index contributed by atoms with van der Waals surface area (Å²) in [5.74, 6) is 1.12. The van der Waals surface area contributed by atoms with E-state index >= 15 is 0 Å². The molecule has 0 atom stereocenters. The molecule has 8 heteroatoms. The number of imidazole rings is 1. The highest BCUT2D eigenvalue weighted by Gasteiger charge is 2.17. The average Bonchev–Trinajstić information content (AvgIpc) is 2.79. The first-order chi connectivity index (χ1) is 9.95. The maximum Gasteiger partial charge on any atom is 0.329 e. The molecule has 21 heavy (non-hydrogen) atoms. The second-order valence-corrected chi connectivity index (χ2v) is 5.54. The number of H-pyrrole nitrogens is 1. The Hall–Kier alpha value is -2.09. The largest absolute Gasteiger partial charge is 0.356 e. The van der Waals surface area contributed by atoms with Crippen LogP contribution in [0.3, 0.4) is 0 Å². The van der Waals surface area contributed by atoms with Gasteiger partial charge in [0.1, 0.15) is 0 Å². The zero-order valence-corrected chi connectivity index (χ0v) is 12.8. The molecule has 0 aliphatic heterocycles. The normalized spacial score (nSPS) is 11.5. The van der Waals surface area contributed by atoms with Gasteiger partial charge in [-0.05, 0) is 12.3 Å². The number of rotatable bonds is 6. The summed E-state index contributed by atoms with van der Waals surface area (Å²) in [4.78, 5) is 30.6. The van der Waals surface area contributed by atoms with Gasteiger partial charge in [0.25, 0.3) is 5.56 Å². The van der Waals surface area contributed by atoms with Crippen LogP contribution in [0.4, 0.5) is 5.95 Å². The van der Waals surface area contributed by atoms with Gasteiger partial charge < -0.3 is 15.6 Å². The van der Waals surface area contributed by atoms with E-state index in [2.05, 4.69) is 34.9 Å². The topological polar surface area (TPSA) is 112 Å². The number of aromatic nitrogens is 4. The van der Waals surface area contributed by atoms with Crippen molar-refractivity contribution >= 4 is 17.1 Å². The lowest BCUT2D eigenvalue weighted by atomic mass is 10.1. The third kappa shape index (κ3) is 2.99. The summed E-state index contributed by atoms with van der Waals surface area (Å²) in [5.41, 5.74) is 3.77. The molecule has 8 nitrogen and oxygen atoms in total. The summed E-state index contributed by atoms with van der Waals surface area (Å²) in [7, 11) is 1.60. The Labute approximate surface area is 122 Å². The van der Waals surface area contributed by atoms with Gasteiger partial charge in [0.15, 0.2) is 11.2 Å². The van der Waals surface area contributed by atoms with Crippen LogP contribution in [0.25, 0.3) is 11.2 Å². The quantitative estimate of drug-likeness (QED) is 0.642. The Bertz CT molecular complexity index is 739. The van der Waals surface area contributed by atoms with Crippen LogP contribution < -0.4 is 22.3 Å². The van der Waals surface area contributed by atoms with E-state index in [4.69, 9.17) is 0 Å². The van der Waals surface area contributed by atoms with Gasteiger partial charge in [0.2, 0.25) is 5.95 Å². The molecule has 0 aromatic carbocycles. The van der Waals surface area contributed by atoms with Crippen molar-refractivity contribution < 1.29 is 5.73 Å². The average molecular weight is 295 g/mol. The lowest BCUT2D eigenvalue weighted by Gasteiger charge is -2.10. The second-order valence-electron chi connectivity index (χ2n) is 5.54. The predicted molar refractivity (Wildman–Crippen MR) is 81.3 cm³/mol. The monoisotopic (exact) mass is 295 g/mol. The van der Waals surface area contributed by atoms with Gasteiger partial charge >= 0.3 is 5.69 Å². The third-order valence-electron chi connectivity index (χ3n) is 3.40. The van der Waals surface area contributed by atoms with E-state index in [-0.39, 0.29) is 0 Å². The van der Waals surface area contributed by atoms with Gasteiger partial charge in [-0.3, -0.25) is 14.3 Å². The SMILES string of the molecule is CC(C)CCn1c(NCC[NH3+])nc2c1c(=O)[nH]c(=O)n2C. The van der Waals surface area contributed by atoms with Gasteiger partial charge in [-0.1, -0.05) is 13.8 Å². The van der Waals surface area contributed by atoms with E-state index in [0.717, 1.165) is 6.42 Å². The fourth-order valence-electron chi connectivity index (χ4n) is 2.17. The van der Waals surface area contributed by atoms with Crippen LogP contribution in [0.1, 0.15) is 20.3 Å². The third-order valence-corrected chi connectivity index (χ3v) is 3.40. The Morgan fingerprint density at radius 1 is 1.38 bits per heavy atom. The molecule has 2 rings (SSSR count). The Morgan fingerprint density at radius 3 is 2.71 bits per heavy atom. The highest BCUT2D eigenvalue weighted by molar-refractivity contribution is 5.74. The second kappa shape index (κ2) is 6.13. The highest BCUT2D eigenvalue weighted by atomic mass is 16.2. The molecule has 0 spiro atoms. The first-order valence-corrected chi connectivity index (χ1v) is 7.18. The molecule has 2 heterocycles. The van der Waals surface area contributed by atoms with Gasteiger partial charge in [0.05, 0.1) is 13.1 Å². The standard InChI is InChI=1S/C13H22N6O2/c1-8(2)4-7-19-9-10(16-12(19)15-6-5-14)18(3)13(21)17-11(9)20/h8H,4-7,14H2,1-3H3,(H,15,16)(H,17,20,21)/p+1. The fraction of sp³-hybridized carbons (Fsp3) is 0.615. The summed E-state index contributed by atoms with van der Waals surface area (Å²) in [6, 6.07) is 0. The van der Waals surface area contributed by atoms with E-state index in [1.807, 2.05) is 4.57 Å². The maximum absolute atomic E-state index is 12.1. The van der Waals surface area contributed by atoms with Crippen LogP contribution in [0.2, 0.25) is 0 Å². The van der Waals surface area contributed by atoms with Crippen LogP contribution in [0.15, 0.2) is 9.59 Å². The summed E-state index contributed by atoms with van der Waals surface area (Å²) in [6.45, 7) is 6.30. The van der Waals surface area contributed by atoms with Gasteiger partial charge in [-0.15, -0.1) is 0 Å².